The van der Waals surface area contributed by atoms with Crippen molar-refractivity contribution in [1.29, 1.82) is 0 Å². The van der Waals surface area contributed by atoms with E-state index in [9.17, 15) is 14.4 Å². The molecule has 2 heterocycles. The molecule has 0 spiro atoms. The Morgan fingerprint density at radius 1 is 0.867 bits per heavy atom. The first-order chi connectivity index (χ1) is 14.3. The van der Waals surface area contributed by atoms with Crippen LogP contribution < -0.4 is 10.2 Å². The molecule has 2 aromatic rings. The summed E-state index contributed by atoms with van der Waals surface area (Å²) in [7, 11) is 0. The lowest BCUT2D eigenvalue weighted by atomic mass is 10.1. The van der Waals surface area contributed by atoms with Crippen LogP contribution in [0.5, 0.6) is 0 Å². The minimum Gasteiger partial charge on any atom is -0.368 e. The summed E-state index contributed by atoms with van der Waals surface area (Å²) in [5, 5.41) is 2.87. The van der Waals surface area contributed by atoms with Crippen molar-refractivity contribution in [2.75, 3.05) is 36.4 Å². The summed E-state index contributed by atoms with van der Waals surface area (Å²) >= 11 is 0. The number of amides is 4. The van der Waals surface area contributed by atoms with Crippen molar-refractivity contribution >= 4 is 29.2 Å². The van der Waals surface area contributed by atoms with Crippen LogP contribution >= 0.6 is 0 Å². The van der Waals surface area contributed by atoms with E-state index in [4.69, 9.17) is 0 Å². The number of imide groups is 1. The summed E-state index contributed by atoms with van der Waals surface area (Å²) in [5.74, 6) is -0.618. The number of hydrogen-bond acceptors (Lipinski definition) is 4. The third-order valence-electron chi connectivity index (χ3n) is 5.50. The van der Waals surface area contributed by atoms with Gasteiger partial charge >= 0.3 is 6.03 Å². The Morgan fingerprint density at radius 3 is 2.13 bits per heavy atom. The van der Waals surface area contributed by atoms with Crippen molar-refractivity contribution in [3.63, 3.8) is 0 Å². The summed E-state index contributed by atoms with van der Waals surface area (Å²) < 4.78 is 0. The van der Waals surface area contributed by atoms with Crippen molar-refractivity contribution in [3.8, 4) is 0 Å². The van der Waals surface area contributed by atoms with E-state index < -0.39 is 5.54 Å². The smallest absolute Gasteiger partial charge is 0.321 e. The van der Waals surface area contributed by atoms with Gasteiger partial charge in [0.1, 0.15) is 0 Å². The standard InChI is InChI=1S/C23H26N4O3/c1-23(2,3)27-20(28)18-10-9-16(15-19(18)21(27)29)24-22(30)26-13-11-25(12-14-26)17-7-5-4-6-8-17/h4-10,15H,11-14H2,1-3H3,(H,24,30). The van der Waals surface area contributed by atoms with Crippen molar-refractivity contribution < 1.29 is 14.4 Å². The van der Waals surface area contributed by atoms with E-state index in [1.165, 1.54) is 4.90 Å². The summed E-state index contributed by atoms with van der Waals surface area (Å²) in [6, 6.07) is 14.8. The Hall–Kier alpha value is -3.35. The van der Waals surface area contributed by atoms with Gasteiger partial charge in [0.2, 0.25) is 0 Å². The molecule has 1 N–H and O–H groups in total. The minimum absolute atomic E-state index is 0.202. The van der Waals surface area contributed by atoms with Crippen LogP contribution in [-0.4, -0.2) is 59.4 Å². The zero-order chi connectivity index (χ0) is 21.5. The van der Waals surface area contributed by atoms with E-state index >= 15 is 0 Å². The Balaban J connectivity index is 1.42. The quantitative estimate of drug-likeness (QED) is 0.776. The van der Waals surface area contributed by atoms with Crippen LogP contribution in [-0.2, 0) is 0 Å². The number of para-hydroxylation sites is 1. The summed E-state index contributed by atoms with van der Waals surface area (Å²) in [6.07, 6.45) is 0. The predicted molar refractivity (Wildman–Crippen MR) is 116 cm³/mol. The molecule has 0 unspecified atom stereocenters. The van der Waals surface area contributed by atoms with Gasteiger partial charge in [-0.15, -0.1) is 0 Å². The highest BCUT2D eigenvalue weighted by Gasteiger charge is 2.42. The minimum atomic E-state index is -0.602. The summed E-state index contributed by atoms with van der Waals surface area (Å²) in [6.45, 7) is 8.22. The SMILES string of the molecule is CC(C)(C)N1C(=O)c2ccc(NC(=O)N3CCN(c4ccccc4)CC3)cc2C1=O. The molecule has 0 bridgehead atoms. The molecule has 2 aromatic carbocycles. The molecular formula is C23H26N4O3. The molecule has 0 atom stereocenters. The van der Waals surface area contributed by atoms with Crippen LogP contribution in [0.15, 0.2) is 48.5 Å². The maximum absolute atomic E-state index is 12.7. The van der Waals surface area contributed by atoms with Crippen molar-refractivity contribution in [2.24, 2.45) is 0 Å². The maximum Gasteiger partial charge on any atom is 0.321 e. The highest BCUT2D eigenvalue weighted by Crippen LogP contribution is 2.31. The average molecular weight is 406 g/mol. The lowest BCUT2D eigenvalue weighted by molar-refractivity contribution is 0.0507. The zero-order valence-electron chi connectivity index (χ0n) is 17.5. The third kappa shape index (κ3) is 3.63. The third-order valence-corrected chi connectivity index (χ3v) is 5.50. The highest BCUT2D eigenvalue weighted by atomic mass is 16.2. The molecule has 2 aliphatic rings. The van der Waals surface area contributed by atoms with Gasteiger partial charge in [0.25, 0.3) is 11.8 Å². The summed E-state index contributed by atoms with van der Waals surface area (Å²) in [5.41, 5.74) is 1.78. The fourth-order valence-corrected chi connectivity index (χ4v) is 3.94. The highest BCUT2D eigenvalue weighted by molar-refractivity contribution is 6.22. The van der Waals surface area contributed by atoms with Gasteiger partial charge in [-0.3, -0.25) is 14.5 Å². The molecule has 0 aliphatic carbocycles. The van der Waals surface area contributed by atoms with Crippen LogP contribution in [0.25, 0.3) is 0 Å². The molecular weight excluding hydrogens is 380 g/mol. The second-order valence-electron chi connectivity index (χ2n) is 8.62. The van der Waals surface area contributed by atoms with Crippen molar-refractivity contribution in [3.05, 3.63) is 59.7 Å². The number of anilines is 2. The predicted octanol–water partition coefficient (Wildman–Crippen LogP) is 3.44. The van der Waals surface area contributed by atoms with Gasteiger partial charge in [-0.1, -0.05) is 18.2 Å². The topological polar surface area (TPSA) is 73.0 Å². The van der Waals surface area contributed by atoms with Crippen LogP contribution in [0.3, 0.4) is 0 Å². The second-order valence-corrected chi connectivity index (χ2v) is 8.62. The second kappa shape index (κ2) is 7.48. The normalized spacial score (nSPS) is 16.7. The van der Waals surface area contributed by atoms with E-state index in [1.54, 1.807) is 23.1 Å². The Morgan fingerprint density at radius 2 is 1.50 bits per heavy atom. The molecule has 2 aliphatic heterocycles. The number of hydrogen-bond donors (Lipinski definition) is 1. The molecule has 1 saturated heterocycles. The number of carbonyl (C=O) groups is 3. The molecule has 4 rings (SSSR count). The molecule has 0 aromatic heterocycles. The zero-order valence-corrected chi connectivity index (χ0v) is 17.5. The van der Waals surface area contributed by atoms with Crippen LogP contribution in [0, 0.1) is 0 Å². The first-order valence-corrected chi connectivity index (χ1v) is 10.1. The molecule has 4 amide bonds. The van der Waals surface area contributed by atoms with E-state index in [0.717, 1.165) is 18.8 Å². The van der Waals surface area contributed by atoms with Gasteiger partial charge in [-0.25, -0.2) is 4.79 Å². The molecule has 30 heavy (non-hydrogen) atoms. The van der Waals surface area contributed by atoms with E-state index in [2.05, 4.69) is 22.3 Å². The number of urea groups is 1. The number of benzene rings is 2. The Kier molecular flexibility index (Phi) is 4.97. The molecule has 7 nitrogen and oxygen atoms in total. The van der Waals surface area contributed by atoms with Gasteiger partial charge in [-0.2, -0.15) is 0 Å². The Bertz CT molecular complexity index is 989. The van der Waals surface area contributed by atoms with Gasteiger partial charge in [-0.05, 0) is 51.1 Å². The first kappa shape index (κ1) is 19.9. The average Bonchev–Trinajstić information content (AvgIpc) is 2.98. The Labute approximate surface area is 176 Å². The van der Waals surface area contributed by atoms with Crippen LogP contribution in [0.4, 0.5) is 16.2 Å². The fraction of sp³-hybridized carbons (Fsp3) is 0.348. The number of nitrogens with one attached hydrogen (secondary N) is 1. The van der Waals surface area contributed by atoms with Gasteiger partial charge < -0.3 is 15.1 Å². The fourth-order valence-electron chi connectivity index (χ4n) is 3.94. The number of piperazine rings is 1. The maximum atomic E-state index is 12.7. The molecule has 7 heteroatoms. The molecule has 156 valence electrons. The first-order valence-electron chi connectivity index (χ1n) is 10.1. The van der Waals surface area contributed by atoms with Crippen molar-refractivity contribution in [2.45, 2.75) is 26.3 Å². The van der Waals surface area contributed by atoms with E-state index in [-0.39, 0.29) is 17.8 Å². The van der Waals surface area contributed by atoms with Gasteiger partial charge in [0.15, 0.2) is 0 Å². The van der Waals surface area contributed by atoms with Crippen molar-refractivity contribution in [1.82, 2.24) is 9.80 Å². The largest absolute Gasteiger partial charge is 0.368 e. The lowest BCUT2D eigenvalue weighted by Crippen LogP contribution is -2.50. The van der Waals surface area contributed by atoms with Crippen LogP contribution in [0.1, 0.15) is 41.5 Å². The van der Waals surface area contributed by atoms with Gasteiger partial charge in [0.05, 0.1) is 11.1 Å². The number of nitrogens with zero attached hydrogens (tertiary/aromatic N) is 3. The lowest BCUT2D eigenvalue weighted by Gasteiger charge is -2.36. The molecule has 0 radical (unpaired) electrons. The van der Waals surface area contributed by atoms with E-state index in [1.807, 2.05) is 39.0 Å². The number of rotatable bonds is 2. The number of carbonyl (C=O) groups excluding carboxylic acids is 3. The number of fused-ring (bicyclic) bond motifs is 1. The molecule has 0 saturated carbocycles. The van der Waals surface area contributed by atoms with E-state index in [0.29, 0.717) is 29.9 Å². The summed E-state index contributed by atoms with van der Waals surface area (Å²) in [4.78, 5) is 43.3. The molecule has 1 fully saturated rings. The monoisotopic (exact) mass is 406 g/mol. The van der Waals surface area contributed by atoms with Gasteiger partial charge in [0, 0.05) is 43.1 Å². The van der Waals surface area contributed by atoms with Crippen LogP contribution in [0.2, 0.25) is 0 Å².